The van der Waals surface area contributed by atoms with Gasteiger partial charge in [0.05, 0.1) is 39.6 Å². The fraction of sp³-hybridized carbons (Fsp3) is 0.364. The van der Waals surface area contributed by atoms with Crippen molar-refractivity contribution in [1.29, 1.82) is 0 Å². The zero-order chi connectivity index (χ0) is 51.5. The van der Waals surface area contributed by atoms with Crippen molar-refractivity contribution >= 4 is 110 Å². The zero-order valence-electron chi connectivity index (χ0n) is 45.2. The van der Waals surface area contributed by atoms with Crippen LogP contribution in [0, 0.1) is 0 Å². The third-order valence-electron chi connectivity index (χ3n) is 16.0. The summed E-state index contributed by atoms with van der Waals surface area (Å²) in [4.78, 5) is 0. The second kappa shape index (κ2) is 22.3. The molecular formula is C66H74O6Si3. The van der Waals surface area contributed by atoms with Gasteiger partial charge in [0.25, 0.3) is 0 Å². The van der Waals surface area contributed by atoms with Crippen molar-refractivity contribution in [2.24, 2.45) is 0 Å². The van der Waals surface area contributed by atoms with E-state index in [1.165, 1.54) is 84.2 Å². The van der Waals surface area contributed by atoms with Gasteiger partial charge < -0.3 is 28.4 Å². The second-order valence-electron chi connectivity index (χ2n) is 20.8. The van der Waals surface area contributed by atoms with Crippen LogP contribution in [0.4, 0.5) is 0 Å². The van der Waals surface area contributed by atoms with E-state index < -0.39 is 16.1 Å². The Morgan fingerprint density at radius 1 is 0.280 bits per heavy atom. The zero-order valence-corrected chi connectivity index (χ0v) is 48.2. The van der Waals surface area contributed by atoms with Crippen LogP contribution in [0.5, 0.6) is 34.5 Å². The van der Waals surface area contributed by atoms with Crippen LogP contribution in [-0.2, 0) is 0 Å². The maximum absolute atomic E-state index is 7.78. The van der Waals surface area contributed by atoms with Crippen LogP contribution in [0.3, 0.4) is 0 Å². The van der Waals surface area contributed by atoms with Crippen LogP contribution in [0.25, 0.3) is 32.3 Å². The maximum Gasteiger partial charge on any atom is 0.190 e. The van der Waals surface area contributed by atoms with Crippen LogP contribution in [0.1, 0.15) is 119 Å². The van der Waals surface area contributed by atoms with E-state index in [-0.39, 0.29) is 9.52 Å². The van der Waals surface area contributed by atoms with E-state index in [1.807, 2.05) is 0 Å². The molecule has 8 aromatic carbocycles. The van der Waals surface area contributed by atoms with Gasteiger partial charge in [-0.25, -0.2) is 0 Å². The van der Waals surface area contributed by atoms with Gasteiger partial charge in [-0.1, -0.05) is 201 Å². The quantitative estimate of drug-likeness (QED) is 0.0277. The van der Waals surface area contributed by atoms with Gasteiger partial charge in [-0.2, -0.15) is 0 Å². The van der Waals surface area contributed by atoms with Crippen molar-refractivity contribution in [2.45, 2.75) is 119 Å². The molecule has 75 heavy (non-hydrogen) atoms. The summed E-state index contributed by atoms with van der Waals surface area (Å²) in [6.07, 6.45) is 11.7. The highest BCUT2D eigenvalue weighted by molar-refractivity contribution is 7.27. The first-order valence-corrected chi connectivity index (χ1v) is 33.6. The molecule has 3 aliphatic rings. The average molecular weight is 1050 g/mol. The van der Waals surface area contributed by atoms with E-state index in [2.05, 4.69) is 163 Å². The van der Waals surface area contributed by atoms with Gasteiger partial charge in [-0.3, -0.25) is 0 Å². The summed E-state index contributed by atoms with van der Waals surface area (Å²) < 4.78 is 45.6. The summed E-state index contributed by atoms with van der Waals surface area (Å²) in [6.45, 7) is 17.0. The molecule has 3 heterocycles. The lowest BCUT2D eigenvalue weighted by atomic mass is 9.93. The first kappa shape index (κ1) is 51.1. The first-order chi connectivity index (χ1) is 37.1. The topological polar surface area (TPSA) is 55.4 Å². The van der Waals surface area contributed by atoms with Gasteiger partial charge in [0, 0.05) is 20.7 Å². The van der Waals surface area contributed by atoms with Crippen LogP contribution < -0.4 is 80.3 Å². The number of hydrogen-bond acceptors (Lipinski definition) is 6. The van der Waals surface area contributed by atoms with Crippen molar-refractivity contribution in [3.63, 3.8) is 0 Å². The third-order valence-corrected chi connectivity index (χ3v) is 27.2. The monoisotopic (exact) mass is 1050 g/mol. The highest BCUT2D eigenvalue weighted by Crippen LogP contribution is 2.52. The number of rotatable bonds is 28. The molecule has 0 bridgehead atoms. The molecule has 0 fully saturated rings. The van der Waals surface area contributed by atoms with E-state index in [1.54, 1.807) is 0 Å². The lowest BCUT2D eigenvalue weighted by molar-refractivity contribution is 0.265. The molecule has 9 heteroatoms. The molecule has 11 rings (SSSR count). The molecule has 6 nitrogen and oxygen atoms in total. The molecule has 0 saturated heterocycles. The van der Waals surface area contributed by atoms with Gasteiger partial charge in [-0.15, -0.1) is 0 Å². The normalized spacial score (nSPS) is 14.1. The van der Waals surface area contributed by atoms with Gasteiger partial charge in [0.15, 0.2) is 50.6 Å². The number of unbranched alkanes of at least 4 members (excludes halogenated alkanes) is 6. The molecule has 0 amide bonds. The summed E-state index contributed by atoms with van der Waals surface area (Å²) in [5, 5.41) is 20.6. The minimum atomic E-state index is -3.49. The van der Waals surface area contributed by atoms with Crippen LogP contribution in [0.2, 0.25) is 0 Å². The van der Waals surface area contributed by atoms with E-state index in [0.717, 1.165) is 112 Å². The van der Waals surface area contributed by atoms with Crippen molar-refractivity contribution in [2.75, 3.05) is 39.6 Å². The Hall–Kier alpha value is -6.01. The Kier molecular flexibility index (Phi) is 15.2. The minimum absolute atomic E-state index is 0.259. The highest BCUT2D eigenvalue weighted by Gasteiger charge is 2.61. The summed E-state index contributed by atoms with van der Waals surface area (Å²) >= 11 is 0. The molecule has 386 valence electrons. The highest BCUT2D eigenvalue weighted by atomic mass is 28.3. The van der Waals surface area contributed by atoms with Crippen LogP contribution >= 0.6 is 0 Å². The van der Waals surface area contributed by atoms with Gasteiger partial charge in [0.1, 0.15) is 9.52 Å². The fourth-order valence-corrected chi connectivity index (χ4v) is 25.1. The molecular weight excluding hydrogens is 973 g/mol. The van der Waals surface area contributed by atoms with Crippen molar-refractivity contribution in [3.8, 4) is 34.5 Å². The van der Waals surface area contributed by atoms with E-state index >= 15 is 0 Å². The number of hydrogen-bond donors (Lipinski definition) is 0. The van der Waals surface area contributed by atoms with Crippen molar-refractivity contribution in [3.05, 3.63) is 121 Å². The summed E-state index contributed by atoms with van der Waals surface area (Å²) in [5.41, 5.74) is 0. The maximum atomic E-state index is 7.78. The predicted octanol–water partition coefficient (Wildman–Crippen LogP) is 9.57. The molecule has 2 radical (unpaired) electrons. The summed E-state index contributed by atoms with van der Waals surface area (Å²) in [6, 6.07) is 45.8. The van der Waals surface area contributed by atoms with Crippen LogP contribution in [0.15, 0.2) is 121 Å². The van der Waals surface area contributed by atoms with Crippen molar-refractivity contribution < 1.29 is 28.4 Å². The lowest BCUT2D eigenvalue weighted by Crippen LogP contribution is -2.75. The predicted molar refractivity (Wildman–Crippen MR) is 321 cm³/mol. The number of benzene rings is 8. The minimum Gasteiger partial charge on any atom is -0.490 e. The standard InChI is InChI=1S/C66H74O6Si3/c1-7-13-39-67-55-57(69-41-15-9-3)63-51-49-50-52-54-53(51)65(74(63,45-31-23-19-24-32-45)46-33-25-20-26-34-46)59(71-43-17-11-5)60(72-44-18-12-6)66(54)75(47-35-27-21-28-36-47,48-37-29-22-30-38-48)64(52)58(70-42-16-10-4)56(68-40-14-8-2)62(50)73-61(49)55/h19-38H,7-18,39-44H2,1-6H3. The average Bonchev–Trinajstić information content (AvgIpc) is 4.20. The van der Waals surface area contributed by atoms with Crippen molar-refractivity contribution in [1.82, 2.24) is 0 Å². The summed E-state index contributed by atoms with van der Waals surface area (Å²) in [7, 11) is -6.73. The molecule has 0 saturated carbocycles. The molecule has 0 spiro atoms. The Balaban J connectivity index is 1.49. The largest absolute Gasteiger partial charge is 0.490 e. The Bertz CT molecular complexity index is 3030. The molecule has 0 aromatic heterocycles. The Morgan fingerprint density at radius 2 is 0.493 bits per heavy atom. The van der Waals surface area contributed by atoms with Gasteiger partial charge >= 0.3 is 0 Å². The Labute approximate surface area is 449 Å². The molecule has 0 N–H and O–H groups in total. The Morgan fingerprint density at radius 3 is 0.733 bits per heavy atom. The fourth-order valence-electron chi connectivity index (χ4n) is 12.6. The lowest BCUT2D eigenvalue weighted by Gasteiger charge is -2.37. The third kappa shape index (κ3) is 8.03. The first-order valence-electron chi connectivity index (χ1n) is 28.6. The molecule has 0 aliphatic carbocycles. The summed E-state index contributed by atoms with van der Waals surface area (Å²) in [5.74, 6) is 5.44. The molecule has 8 aromatic rings. The van der Waals surface area contributed by atoms with Crippen LogP contribution in [-0.4, -0.2) is 65.3 Å². The van der Waals surface area contributed by atoms with E-state index in [0.29, 0.717) is 39.6 Å². The molecule has 0 atom stereocenters. The smallest absolute Gasteiger partial charge is 0.190 e. The number of ether oxygens (including phenoxy) is 6. The molecule has 0 unspecified atom stereocenters. The van der Waals surface area contributed by atoms with E-state index in [4.69, 9.17) is 28.4 Å². The van der Waals surface area contributed by atoms with Gasteiger partial charge in [-0.05, 0) is 102 Å². The van der Waals surface area contributed by atoms with E-state index in [9.17, 15) is 0 Å². The van der Waals surface area contributed by atoms with Gasteiger partial charge in [0.2, 0.25) is 0 Å². The second-order valence-corrected chi connectivity index (χ2v) is 29.3. The SMILES string of the molecule is CCCCOc1c(OCCCC)c2c3c4c1[Si]c1c(OCCCC)c(OCCCC)c5c(c14)c1c(c(OCCCC)c(OCCCC)c(c31)[Si]2(c1ccccc1)c1ccccc1)[Si]5(c1ccccc1)c1ccccc1. The molecule has 3 aliphatic heterocycles.